The third kappa shape index (κ3) is 2.93. The topological polar surface area (TPSA) is 59.2 Å². The van der Waals surface area contributed by atoms with Crippen molar-refractivity contribution in [3.8, 4) is 0 Å². The van der Waals surface area contributed by atoms with Crippen LogP contribution in [-0.4, -0.2) is 22.8 Å². The van der Waals surface area contributed by atoms with Crippen molar-refractivity contribution >= 4 is 22.9 Å². The van der Waals surface area contributed by atoms with E-state index in [9.17, 15) is 4.79 Å². The zero-order chi connectivity index (χ0) is 14.0. The van der Waals surface area contributed by atoms with Gasteiger partial charge in [-0.15, -0.1) is 11.3 Å². The lowest BCUT2D eigenvalue weighted by Crippen LogP contribution is -2.27. The SMILES string of the molecule is Cc1nc(CN(C)C(=O)c2c(C)cccc2N)cs1. The molecule has 0 aliphatic rings. The fraction of sp³-hybridized carbons (Fsp3) is 0.286. The van der Waals surface area contributed by atoms with Gasteiger partial charge in [0.2, 0.25) is 0 Å². The lowest BCUT2D eigenvalue weighted by molar-refractivity contribution is 0.0784. The van der Waals surface area contributed by atoms with Crippen molar-refractivity contribution in [1.29, 1.82) is 0 Å². The summed E-state index contributed by atoms with van der Waals surface area (Å²) in [5.41, 5.74) is 8.80. The van der Waals surface area contributed by atoms with E-state index in [1.165, 1.54) is 0 Å². The highest BCUT2D eigenvalue weighted by atomic mass is 32.1. The maximum atomic E-state index is 12.4. The summed E-state index contributed by atoms with van der Waals surface area (Å²) in [6, 6.07) is 5.50. The van der Waals surface area contributed by atoms with Crippen molar-refractivity contribution in [1.82, 2.24) is 9.88 Å². The minimum absolute atomic E-state index is 0.0683. The molecule has 100 valence electrons. The second kappa shape index (κ2) is 5.40. The van der Waals surface area contributed by atoms with Gasteiger partial charge in [-0.3, -0.25) is 4.79 Å². The number of aryl methyl sites for hydroxylation is 2. The molecule has 0 fully saturated rings. The van der Waals surface area contributed by atoms with E-state index in [1.54, 1.807) is 29.4 Å². The average molecular weight is 275 g/mol. The lowest BCUT2D eigenvalue weighted by atomic mass is 10.1. The summed E-state index contributed by atoms with van der Waals surface area (Å²) >= 11 is 1.59. The van der Waals surface area contributed by atoms with Crippen LogP contribution in [0.15, 0.2) is 23.6 Å². The van der Waals surface area contributed by atoms with E-state index in [0.29, 0.717) is 17.8 Å². The standard InChI is InChI=1S/C14H17N3OS/c1-9-5-4-6-12(15)13(9)14(18)17(3)7-11-8-19-10(2)16-11/h4-6,8H,7,15H2,1-3H3. The molecule has 0 spiro atoms. The normalized spacial score (nSPS) is 10.5. The molecule has 0 atom stereocenters. The summed E-state index contributed by atoms with van der Waals surface area (Å²) in [6.07, 6.45) is 0. The Morgan fingerprint density at radius 3 is 2.74 bits per heavy atom. The molecule has 1 aromatic heterocycles. The smallest absolute Gasteiger partial charge is 0.256 e. The van der Waals surface area contributed by atoms with Crippen LogP contribution in [0.2, 0.25) is 0 Å². The number of carbonyl (C=O) groups is 1. The van der Waals surface area contributed by atoms with Gasteiger partial charge in [0.05, 0.1) is 22.8 Å². The van der Waals surface area contributed by atoms with E-state index >= 15 is 0 Å². The van der Waals surface area contributed by atoms with Crippen molar-refractivity contribution in [2.24, 2.45) is 0 Å². The molecule has 1 aromatic carbocycles. The molecule has 0 bridgehead atoms. The molecule has 0 aliphatic heterocycles. The van der Waals surface area contributed by atoms with Crippen molar-refractivity contribution in [3.63, 3.8) is 0 Å². The van der Waals surface area contributed by atoms with Crippen LogP contribution in [0, 0.1) is 13.8 Å². The molecule has 4 nitrogen and oxygen atoms in total. The Balaban J connectivity index is 2.19. The first-order chi connectivity index (χ1) is 8.99. The minimum atomic E-state index is -0.0683. The maximum Gasteiger partial charge on any atom is 0.256 e. The monoisotopic (exact) mass is 275 g/mol. The van der Waals surface area contributed by atoms with Gasteiger partial charge in [0.1, 0.15) is 0 Å². The number of amides is 1. The van der Waals surface area contributed by atoms with E-state index in [4.69, 9.17) is 5.73 Å². The number of anilines is 1. The number of thiazole rings is 1. The quantitative estimate of drug-likeness (QED) is 0.876. The third-order valence-electron chi connectivity index (χ3n) is 2.93. The molecule has 0 saturated carbocycles. The van der Waals surface area contributed by atoms with Crippen LogP contribution in [0.25, 0.3) is 0 Å². The van der Waals surface area contributed by atoms with E-state index in [1.807, 2.05) is 31.4 Å². The Labute approximate surface area is 116 Å². The van der Waals surface area contributed by atoms with Gasteiger partial charge in [0.15, 0.2) is 0 Å². The highest BCUT2D eigenvalue weighted by molar-refractivity contribution is 7.09. The van der Waals surface area contributed by atoms with Gasteiger partial charge < -0.3 is 10.6 Å². The third-order valence-corrected chi connectivity index (χ3v) is 3.75. The highest BCUT2D eigenvalue weighted by Crippen LogP contribution is 2.19. The highest BCUT2D eigenvalue weighted by Gasteiger charge is 2.17. The molecule has 0 saturated heterocycles. The zero-order valence-electron chi connectivity index (χ0n) is 11.3. The van der Waals surface area contributed by atoms with E-state index in [0.717, 1.165) is 16.3 Å². The Bertz CT molecular complexity index is 586. The average Bonchev–Trinajstić information content (AvgIpc) is 2.74. The Hall–Kier alpha value is -1.88. The number of nitrogens with two attached hydrogens (primary N) is 1. The van der Waals surface area contributed by atoms with Crippen LogP contribution in [0.4, 0.5) is 5.69 Å². The molecule has 2 rings (SSSR count). The van der Waals surface area contributed by atoms with E-state index in [-0.39, 0.29) is 5.91 Å². The minimum Gasteiger partial charge on any atom is -0.398 e. The van der Waals surface area contributed by atoms with E-state index in [2.05, 4.69) is 4.98 Å². The molecule has 1 amide bonds. The summed E-state index contributed by atoms with van der Waals surface area (Å²) in [7, 11) is 1.77. The second-order valence-electron chi connectivity index (χ2n) is 4.56. The first-order valence-corrected chi connectivity index (χ1v) is 6.88. The van der Waals surface area contributed by atoms with Crippen LogP contribution in [0.1, 0.15) is 26.6 Å². The van der Waals surface area contributed by atoms with Crippen molar-refractivity contribution in [2.45, 2.75) is 20.4 Å². The molecule has 2 aromatic rings. The summed E-state index contributed by atoms with van der Waals surface area (Å²) in [5.74, 6) is -0.0683. The summed E-state index contributed by atoms with van der Waals surface area (Å²) < 4.78 is 0. The second-order valence-corrected chi connectivity index (χ2v) is 5.62. The number of nitrogens with zero attached hydrogens (tertiary/aromatic N) is 2. The molecule has 2 N–H and O–H groups in total. The molecule has 0 aliphatic carbocycles. The maximum absolute atomic E-state index is 12.4. The number of benzene rings is 1. The predicted octanol–water partition coefficient (Wildman–Crippen LogP) is 2.61. The van der Waals surface area contributed by atoms with Crippen molar-refractivity contribution in [3.05, 3.63) is 45.4 Å². The van der Waals surface area contributed by atoms with Gasteiger partial charge in [0, 0.05) is 18.1 Å². The number of hydrogen-bond donors (Lipinski definition) is 1. The van der Waals surface area contributed by atoms with Crippen LogP contribution in [0.5, 0.6) is 0 Å². The summed E-state index contributed by atoms with van der Waals surface area (Å²) in [4.78, 5) is 18.4. The van der Waals surface area contributed by atoms with Gasteiger partial charge in [-0.2, -0.15) is 0 Å². The fourth-order valence-electron chi connectivity index (χ4n) is 1.97. The number of carbonyl (C=O) groups excluding carboxylic acids is 1. The number of hydrogen-bond acceptors (Lipinski definition) is 4. The van der Waals surface area contributed by atoms with Crippen LogP contribution >= 0.6 is 11.3 Å². The van der Waals surface area contributed by atoms with Crippen LogP contribution in [0.3, 0.4) is 0 Å². The Morgan fingerprint density at radius 2 is 2.16 bits per heavy atom. The van der Waals surface area contributed by atoms with Crippen LogP contribution < -0.4 is 5.73 Å². The molecule has 0 radical (unpaired) electrons. The van der Waals surface area contributed by atoms with Crippen molar-refractivity contribution in [2.75, 3.05) is 12.8 Å². The zero-order valence-corrected chi connectivity index (χ0v) is 12.1. The number of nitrogen functional groups attached to an aromatic ring is 1. The van der Waals surface area contributed by atoms with Gasteiger partial charge >= 0.3 is 0 Å². The largest absolute Gasteiger partial charge is 0.398 e. The Morgan fingerprint density at radius 1 is 1.42 bits per heavy atom. The van der Waals surface area contributed by atoms with Gasteiger partial charge in [-0.1, -0.05) is 12.1 Å². The lowest BCUT2D eigenvalue weighted by Gasteiger charge is -2.18. The number of rotatable bonds is 3. The summed E-state index contributed by atoms with van der Waals surface area (Å²) in [5, 5.41) is 2.98. The summed E-state index contributed by atoms with van der Waals surface area (Å²) in [6.45, 7) is 4.34. The molecule has 5 heteroatoms. The van der Waals surface area contributed by atoms with Gasteiger partial charge in [0.25, 0.3) is 5.91 Å². The molecular weight excluding hydrogens is 258 g/mol. The fourth-order valence-corrected chi connectivity index (χ4v) is 2.57. The molecule has 1 heterocycles. The van der Waals surface area contributed by atoms with Gasteiger partial charge in [-0.25, -0.2) is 4.98 Å². The predicted molar refractivity (Wildman–Crippen MR) is 78.2 cm³/mol. The first kappa shape index (κ1) is 13.5. The van der Waals surface area contributed by atoms with Crippen molar-refractivity contribution < 1.29 is 4.79 Å². The van der Waals surface area contributed by atoms with Crippen LogP contribution in [-0.2, 0) is 6.54 Å². The Kier molecular flexibility index (Phi) is 3.85. The van der Waals surface area contributed by atoms with E-state index < -0.39 is 0 Å². The molecule has 19 heavy (non-hydrogen) atoms. The number of aromatic nitrogens is 1. The molecular formula is C14H17N3OS. The molecule has 0 unspecified atom stereocenters. The first-order valence-electron chi connectivity index (χ1n) is 6.00. The van der Waals surface area contributed by atoms with Gasteiger partial charge in [-0.05, 0) is 25.5 Å².